The molecule has 5 nitrogen and oxygen atoms in total. The molecule has 2 aromatic carbocycles. The van der Waals surface area contributed by atoms with Crippen LogP contribution in [0.5, 0.6) is 11.5 Å². The molecule has 1 heterocycles. The molecule has 0 N–H and O–H groups in total. The number of benzene rings is 2. The number of nitrogens with zero attached hydrogens (tertiary/aromatic N) is 1. The van der Waals surface area contributed by atoms with Gasteiger partial charge in [0, 0.05) is 5.56 Å². The highest BCUT2D eigenvalue weighted by Crippen LogP contribution is 2.32. The first-order chi connectivity index (χ1) is 11.2. The molecule has 0 saturated heterocycles. The Morgan fingerprint density at radius 3 is 2.22 bits per heavy atom. The van der Waals surface area contributed by atoms with Crippen molar-refractivity contribution in [3.8, 4) is 11.5 Å². The maximum Gasteiger partial charge on any atom is 0.363 e. The molecule has 0 unspecified atom stereocenters. The smallest absolute Gasteiger partial charge is 0.363 e. The van der Waals surface area contributed by atoms with Gasteiger partial charge in [0.2, 0.25) is 5.90 Å². The molecule has 0 aromatic heterocycles. The van der Waals surface area contributed by atoms with E-state index in [-0.39, 0.29) is 11.6 Å². The van der Waals surface area contributed by atoms with E-state index in [9.17, 15) is 4.79 Å². The second-order valence-electron chi connectivity index (χ2n) is 4.78. The van der Waals surface area contributed by atoms with Crippen molar-refractivity contribution in [1.29, 1.82) is 0 Å². The standard InChI is InChI=1S/C18H15NO4/c1-21-15-9-6-10-16(22-2)13(15)11-14-18(20)23-17(19-14)12-7-4-3-5-8-12/h3-11H,1-2H3/b14-11-. The zero-order valence-electron chi connectivity index (χ0n) is 12.8. The molecule has 0 amide bonds. The topological polar surface area (TPSA) is 57.1 Å². The molecule has 0 fully saturated rings. The molecule has 2 aromatic rings. The summed E-state index contributed by atoms with van der Waals surface area (Å²) >= 11 is 0. The third-order valence-corrected chi connectivity index (χ3v) is 3.39. The molecule has 0 aliphatic carbocycles. The van der Waals surface area contributed by atoms with Crippen molar-refractivity contribution < 1.29 is 19.0 Å². The number of rotatable bonds is 4. The van der Waals surface area contributed by atoms with Crippen LogP contribution in [0.25, 0.3) is 6.08 Å². The first kappa shape index (κ1) is 14.8. The van der Waals surface area contributed by atoms with Crippen molar-refractivity contribution in [1.82, 2.24) is 0 Å². The predicted molar refractivity (Wildman–Crippen MR) is 86.6 cm³/mol. The lowest BCUT2D eigenvalue weighted by Crippen LogP contribution is -2.05. The van der Waals surface area contributed by atoms with E-state index in [2.05, 4.69) is 4.99 Å². The molecule has 5 heteroatoms. The average Bonchev–Trinajstić information content (AvgIpc) is 2.96. The van der Waals surface area contributed by atoms with E-state index in [0.717, 1.165) is 5.56 Å². The van der Waals surface area contributed by atoms with Gasteiger partial charge in [-0.2, -0.15) is 0 Å². The Hall–Kier alpha value is -3.08. The highest BCUT2D eigenvalue weighted by molar-refractivity contribution is 6.13. The van der Waals surface area contributed by atoms with E-state index in [0.29, 0.717) is 17.1 Å². The maximum absolute atomic E-state index is 12.1. The van der Waals surface area contributed by atoms with Crippen LogP contribution in [0.1, 0.15) is 11.1 Å². The van der Waals surface area contributed by atoms with E-state index in [4.69, 9.17) is 14.2 Å². The summed E-state index contributed by atoms with van der Waals surface area (Å²) in [7, 11) is 3.12. The molecule has 1 aliphatic rings. The normalized spacial score (nSPS) is 15.3. The minimum atomic E-state index is -0.503. The average molecular weight is 309 g/mol. The lowest BCUT2D eigenvalue weighted by atomic mass is 10.1. The minimum Gasteiger partial charge on any atom is -0.496 e. The summed E-state index contributed by atoms with van der Waals surface area (Å²) in [5, 5.41) is 0. The monoisotopic (exact) mass is 309 g/mol. The summed E-state index contributed by atoms with van der Waals surface area (Å²) < 4.78 is 15.9. The molecular weight excluding hydrogens is 294 g/mol. The van der Waals surface area contributed by atoms with E-state index in [1.165, 1.54) is 0 Å². The van der Waals surface area contributed by atoms with Crippen LogP contribution < -0.4 is 9.47 Å². The molecule has 0 spiro atoms. The molecule has 0 atom stereocenters. The minimum absolute atomic E-state index is 0.201. The highest BCUT2D eigenvalue weighted by atomic mass is 16.6. The van der Waals surface area contributed by atoms with Crippen LogP contribution in [0.4, 0.5) is 0 Å². The number of methoxy groups -OCH3 is 2. The lowest BCUT2D eigenvalue weighted by molar-refractivity contribution is -0.129. The lowest BCUT2D eigenvalue weighted by Gasteiger charge is -2.09. The highest BCUT2D eigenvalue weighted by Gasteiger charge is 2.25. The number of carbonyl (C=O) groups excluding carboxylic acids is 1. The van der Waals surface area contributed by atoms with Gasteiger partial charge in [-0.15, -0.1) is 0 Å². The summed E-state index contributed by atoms with van der Waals surface area (Å²) in [5.74, 6) is 0.966. The number of aliphatic imine (C=N–C) groups is 1. The predicted octanol–water partition coefficient (Wildman–Crippen LogP) is 3.05. The Balaban J connectivity index is 2.03. The van der Waals surface area contributed by atoms with Crippen LogP contribution in [0.15, 0.2) is 59.2 Å². The number of cyclic esters (lactones) is 1. The quantitative estimate of drug-likeness (QED) is 0.643. The van der Waals surface area contributed by atoms with Crippen molar-refractivity contribution in [3.63, 3.8) is 0 Å². The zero-order chi connectivity index (χ0) is 16.2. The number of hydrogen-bond donors (Lipinski definition) is 0. The Kier molecular flexibility index (Phi) is 4.10. The van der Waals surface area contributed by atoms with Gasteiger partial charge in [-0.3, -0.25) is 0 Å². The van der Waals surface area contributed by atoms with Gasteiger partial charge in [-0.1, -0.05) is 24.3 Å². The van der Waals surface area contributed by atoms with Crippen LogP contribution in [-0.2, 0) is 9.53 Å². The number of hydrogen-bond acceptors (Lipinski definition) is 5. The Morgan fingerprint density at radius 1 is 0.957 bits per heavy atom. The fourth-order valence-electron chi connectivity index (χ4n) is 2.27. The Bertz CT molecular complexity index is 772. The summed E-state index contributed by atoms with van der Waals surface area (Å²) in [4.78, 5) is 16.4. The van der Waals surface area contributed by atoms with Crippen molar-refractivity contribution in [2.45, 2.75) is 0 Å². The van der Waals surface area contributed by atoms with Crippen molar-refractivity contribution in [2.75, 3.05) is 14.2 Å². The van der Waals surface area contributed by atoms with Crippen molar-refractivity contribution in [2.24, 2.45) is 4.99 Å². The third-order valence-electron chi connectivity index (χ3n) is 3.39. The largest absolute Gasteiger partial charge is 0.496 e. The van der Waals surface area contributed by atoms with Gasteiger partial charge in [-0.05, 0) is 30.3 Å². The first-order valence-electron chi connectivity index (χ1n) is 7.02. The van der Waals surface area contributed by atoms with Crippen LogP contribution >= 0.6 is 0 Å². The molecule has 1 aliphatic heterocycles. The zero-order valence-corrected chi connectivity index (χ0v) is 12.8. The number of ether oxygens (including phenoxy) is 3. The van der Waals surface area contributed by atoms with E-state index >= 15 is 0 Å². The molecule has 0 bridgehead atoms. The fourth-order valence-corrected chi connectivity index (χ4v) is 2.27. The summed E-state index contributed by atoms with van der Waals surface area (Å²) in [6.07, 6.45) is 1.61. The Labute approximate surface area is 133 Å². The molecule has 23 heavy (non-hydrogen) atoms. The number of esters is 1. The molecule has 116 valence electrons. The summed E-state index contributed by atoms with van der Waals surface area (Å²) in [6.45, 7) is 0. The number of carbonyl (C=O) groups is 1. The van der Waals surface area contributed by atoms with Gasteiger partial charge in [0.1, 0.15) is 11.5 Å². The van der Waals surface area contributed by atoms with Crippen LogP contribution in [-0.4, -0.2) is 26.1 Å². The van der Waals surface area contributed by atoms with Gasteiger partial charge >= 0.3 is 5.97 Å². The van der Waals surface area contributed by atoms with Crippen LogP contribution in [0.3, 0.4) is 0 Å². The van der Waals surface area contributed by atoms with Crippen LogP contribution in [0.2, 0.25) is 0 Å². The van der Waals surface area contributed by atoms with Crippen molar-refractivity contribution in [3.05, 3.63) is 65.4 Å². The van der Waals surface area contributed by atoms with Gasteiger partial charge in [0.05, 0.1) is 19.8 Å². The SMILES string of the molecule is COc1cccc(OC)c1/C=C1\N=C(c2ccccc2)OC1=O. The maximum atomic E-state index is 12.1. The van der Waals surface area contributed by atoms with Gasteiger partial charge in [0.25, 0.3) is 0 Å². The second-order valence-corrected chi connectivity index (χ2v) is 4.78. The van der Waals surface area contributed by atoms with Crippen LogP contribution in [0, 0.1) is 0 Å². The molecule has 0 saturated carbocycles. The van der Waals surface area contributed by atoms with Gasteiger partial charge in [-0.25, -0.2) is 9.79 Å². The summed E-state index contributed by atoms with van der Waals surface area (Å²) in [5.41, 5.74) is 1.59. The van der Waals surface area contributed by atoms with Gasteiger partial charge in [0.15, 0.2) is 5.70 Å². The van der Waals surface area contributed by atoms with Gasteiger partial charge < -0.3 is 14.2 Å². The Morgan fingerprint density at radius 2 is 1.61 bits per heavy atom. The second kappa shape index (κ2) is 6.36. The van der Waals surface area contributed by atoms with Crippen molar-refractivity contribution >= 4 is 17.9 Å². The molecule has 0 radical (unpaired) electrons. The van der Waals surface area contributed by atoms with E-state index in [1.54, 1.807) is 32.4 Å². The molecule has 3 rings (SSSR count). The van der Waals surface area contributed by atoms with E-state index in [1.807, 2.05) is 36.4 Å². The molecular formula is C18H15NO4. The van der Waals surface area contributed by atoms with E-state index < -0.39 is 5.97 Å². The fraction of sp³-hybridized carbons (Fsp3) is 0.111. The third kappa shape index (κ3) is 2.94. The first-order valence-corrected chi connectivity index (χ1v) is 7.02. The summed E-state index contributed by atoms with van der Waals surface area (Å²) in [6, 6.07) is 14.7.